The standard InChI is InChI=1S/C30H59NO.H3NO/c1-6-8-14-28(21-24(3)4)29(20-19-27-17-12-13-18-30(27)32-5)23-31-22-25(7-2)26-15-10-9-11-16-26;1-2/h24-31H,6-23H2,1-5H3;2H,1H2. The molecule has 2 rings (SSSR count). The summed E-state index contributed by atoms with van der Waals surface area (Å²) in [5.41, 5.74) is 0. The fourth-order valence-electron chi connectivity index (χ4n) is 7.07. The number of rotatable bonds is 16. The highest BCUT2D eigenvalue weighted by atomic mass is 16.5. The van der Waals surface area contributed by atoms with E-state index in [2.05, 4.69) is 38.9 Å². The van der Waals surface area contributed by atoms with Crippen molar-refractivity contribution in [2.24, 2.45) is 41.4 Å². The Bertz CT molecular complexity index is 453. The van der Waals surface area contributed by atoms with Gasteiger partial charge in [-0.15, -0.1) is 0 Å². The third-order valence-electron chi connectivity index (χ3n) is 9.07. The van der Waals surface area contributed by atoms with Crippen molar-refractivity contribution < 1.29 is 9.94 Å². The molecule has 204 valence electrons. The molecule has 0 aromatic heterocycles. The molecule has 0 bridgehead atoms. The molecule has 2 fully saturated rings. The molecule has 5 atom stereocenters. The second-order valence-electron chi connectivity index (χ2n) is 11.9. The molecule has 0 aromatic carbocycles. The molecule has 2 aliphatic carbocycles. The predicted molar refractivity (Wildman–Crippen MR) is 147 cm³/mol. The maximum Gasteiger partial charge on any atom is 0.0599 e. The van der Waals surface area contributed by atoms with Crippen LogP contribution in [0.25, 0.3) is 0 Å². The van der Waals surface area contributed by atoms with Crippen LogP contribution >= 0.6 is 0 Å². The van der Waals surface area contributed by atoms with E-state index < -0.39 is 0 Å². The lowest BCUT2D eigenvalue weighted by molar-refractivity contribution is 0.0164. The first-order valence-corrected chi connectivity index (χ1v) is 15.1. The highest BCUT2D eigenvalue weighted by molar-refractivity contribution is 4.81. The van der Waals surface area contributed by atoms with Crippen molar-refractivity contribution in [3.8, 4) is 0 Å². The van der Waals surface area contributed by atoms with Gasteiger partial charge in [-0.1, -0.05) is 98.3 Å². The van der Waals surface area contributed by atoms with E-state index >= 15 is 0 Å². The molecule has 4 N–H and O–H groups in total. The molecule has 0 saturated heterocycles. The molecule has 0 spiro atoms. The topological polar surface area (TPSA) is 67.5 Å². The number of methoxy groups -OCH3 is 1. The van der Waals surface area contributed by atoms with Crippen LogP contribution in [0.3, 0.4) is 0 Å². The Kier molecular flexibility index (Phi) is 18.7. The highest BCUT2D eigenvalue weighted by Gasteiger charge is 2.29. The van der Waals surface area contributed by atoms with E-state index in [0.29, 0.717) is 6.10 Å². The molecule has 2 aliphatic rings. The van der Waals surface area contributed by atoms with Crippen LogP contribution in [0, 0.1) is 35.5 Å². The van der Waals surface area contributed by atoms with Crippen molar-refractivity contribution in [3.05, 3.63) is 0 Å². The van der Waals surface area contributed by atoms with Crippen LogP contribution in [0.2, 0.25) is 0 Å². The lowest BCUT2D eigenvalue weighted by atomic mass is 9.75. The molecule has 5 unspecified atom stereocenters. The van der Waals surface area contributed by atoms with E-state index in [1.807, 2.05) is 7.11 Å². The first kappa shape index (κ1) is 31.9. The van der Waals surface area contributed by atoms with Gasteiger partial charge >= 0.3 is 0 Å². The minimum absolute atomic E-state index is 0.521. The Balaban J connectivity index is 0.00000281. The third kappa shape index (κ3) is 12.2. The van der Waals surface area contributed by atoms with Crippen molar-refractivity contribution in [1.29, 1.82) is 0 Å². The van der Waals surface area contributed by atoms with Gasteiger partial charge in [0.25, 0.3) is 0 Å². The smallest absolute Gasteiger partial charge is 0.0599 e. The monoisotopic (exact) mass is 482 g/mol. The van der Waals surface area contributed by atoms with Gasteiger partial charge in [0.2, 0.25) is 0 Å². The van der Waals surface area contributed by atoms with Crippen molar-refractivity contribution in [3.63, 3.8) is 0 Å². The summed E-state index contributed by atoms with van der Waals surface area (Å²) in [6, 6.07) is 0. The molecule has 0 aromatic rings. The summed E-state index contributed by atoms with van der Waals surface area (Å²) >= 11 is 0. The van der Waals surface area contributed by atoms with Crippen LogP contribution < -0.4 is 11.2 Å². The maximum absolute atomic E-state index is 6.50. The molecule has 0 aliphatic heterocycles. The number of nitrogens with one attached hydrogen (secondary N) is 1. The number of ether oxygens (including phenoxy) is 1. The molecule has 0 heterocycles. The Morgan fingerprint density at radius 2 is 1.56 bits per heavy atom. The van der Waals surface area contributed by atoms with E-state index in [-0.39, 0.29) is 0 Å². The van der Waals surface area contributed by atoms with Crippen molar-refractivity contribution in [1.82, 2.24) is 5.32 Å². The van der Waals surface area contributed by atoms with Gasteiger partial charge in [0, 0.05) is 7.11 Å². The van der Waals surface area contributed by atoms with Gasteiger partial charge in [0.15, 0.2) is 0 Å². The van der Waals surface area contributed by atoms with Gasteiger partial charge in [-0.25, -0.2) is 5.90 Å². The van der Waals surface area contributed by atoms with Gasteiger partial charge in [-0.3, -0.25) is 0 Å². The Hall–Kier alpha value is -0.160. The molecular weight excluding hydrogens is 420 g/mol. The Morgan fingerprint density at radius 1 is 0.882 bits per heavy atom. The minimum Gasteiger partial charge on any atom is -0.381 e. The van der Waals surface area contributed by atoms with Crippen molar-refractivity contribution in [2.75, 3.05) is 20.2 Å². The molecule has 0 radical (unpaired) electrons. The second-order valence-corrected chi connectivity index (χ2v) is 11.9. The minimum atomic E-state index is 0.521. The van der Waals surface area contributed by atoms with E-state index in [4.69, 9.17) is 9.94 Å². The first-order valence-electron chi connectivity index (χ1n) is 15.1. The third-order valence-corrected chi connectivity index (χ3v) is 9.07. The van der Waals surface area contributed by atoms with Gasteiger partial charge < -0.3 is 15.3 Å². The van der Waals surface area contributed by atoms with Crippen LogP contribution in [0.1, 0.15) is 130 Å². The van der Waals surface area contributed by atoms with Gasteiger partial charge in [-0.05, 0) is 80.7 Å². The Labute approximate surface area is 213 Å². The average molecular weight is 483 g/mol. The molecule has 34 heavy (non-hydrogen) atoms. The lowest BCUT2D eigenvalue weighted by Gasteiger charge is -2.35. The maximum atomic E-state index is 6.50. The van der Waals surface area contributed by atoms with E-state index in [9.17, 15) is 0 Å². The molecular formula is C30H62N2O2. The summed E-state index contributed by atoms with van der Waals surface area (Å²) in [5.74, 6) is 8.72. The lowest BCUT2D eigenvalue weighted by Crippen LogP contribution is -2.35. The highest BCUT2D eigenvalue weighted by Crippen LogP contribution is 2.35. The first-order chi connectivity index (χ1) is 16.6. The van der Waals surface area contributed by atoms with Crippen molar-refractivity contribution in [2.45, 2.75) is 137 Å². The number of hydrogen-bond donors (Lipinski definition) is 3. The largest absolute Gasteiger partial charge is 0.381 e. The van der Waals surface area contributed by atoms with E-state index in [1.165, 1.54) is 116 Å². The molecule has 0 amide bonds. The molecule has 2 saturated carbocycles. The van der Waals surface area contributed by atoms with Gasteiger partial charge in [0.1, 0.15) is 0 Å². The summed E-state index contributed by atoms with van der Waals surface area (Å²) in [5, 5.41) is 10.5. The van der Waals surface area contributed by atoms with E-state index in [1.54, 1.807) is 0 Å². The van der Waals surface area contributed by atoms with Gasteiger partial charge in [0.05, 0.1) is 6.10 Å². The fourth-order valence-corrected chi connectivity index (χ4v) is 7.07. The summed E-state index contributed by atoms with van der Waals surface area (Å²) in [4.78, 5) is 0. The predicted octanol–water partition coefficient (Wildman–Crippen LogP) is 7.97. The molecule has 4 nitrogen and oxygen atoms in total. The quantitative estimate of drug-likeness (QED) is 0.195. The second kappa shape index (κ2) is 20.0. The summed E-state index contributed by atoms with van der Waals surface area (Å²) in [6.45, 7) is 12.2. The number of unbranched alkanes of at least 4 members (excludes halogenated alkanes) is 1. The van der Waals surface area contributed by atoms with Crippen LogP contribution in [-0.4, -0.2) is 31.5 Å². The summed E-state index contributed by atoms with van der Waals surface area (Å²) in [7, 11) is 1.95. The Morgan fingerprint density at radius 3 is 2.18 bits per heavy atom. The summed E-state index contributed by atoms with van der Waals surface area (Å²) < 4.78 is 5.90. The van der Waals surface area contributed by atoms with Crippen LogP contribution in [0.15, 0.2) is 0 Å². The summed E-state index contributed by atoms with van der Waals surface area (Å²) in [6.07, 6.45) is 23.1. The molecule has 4 heteroatoms. The average Bonchev–Trinajstić information content (AvgIpc) is 2.88. The zero-order valence-electron chi connectivity index (χ0n) is 23.7. The zero-order valence-corrected chi connectivity index (χ0v) is 23.7. The SMILES string of the molecule is CCCCC(CC(C)C)C(CCC1CCCCC1OC)CNCC(CC)C1CCCCC1.NO. The van der Waals surface area contributed by atoms with Crippen LogP contribution in [0.5, 0.6) is 0 Å². The van der Waals surface area contributed by atoms with Crippen LogP contribution in [-0.2, 0) is 4.74 Å². The van der Waals surface area contributed by atoms with Crippen LogP contribution in [0.4, 0.5) is 0 Å². The normalized spacial score (nSPS) is 24.4. The van der Waals surface area contributed by atoms with Crippen molar-refractivity contribution >= 4 is 0 Å². The van der Waals surface area contributed by atoms with E-state index in [0.717, 1.165) is 35.5 Å². The number of hydrogen-bond acceptors (Lipinski definition) is 4. The number of nitrogens with two attached hydrogens (primary N) is 1. The fraction of sp³-hybridized carbons (Fsp3) is 1.00. The van der Waals surface area contributed by atoms with Gasteiger partial charge in [-0.2, -0.15) is 0 Å². The zero-order chi connectivity index (χ0) is 25.2.